The second kappa shape index (κ2) is 8.40. The normalized spacial score (nSPS) is 22.1. The van der Waals surface area contributed by atoms with E-state index in [0.29, 0.717) is 17.5 Å². The highest BCUT2D eigenvalue weighted by molar-refractivity contribution is 5.94. The smallest absolute Gasteiger partial charge is 0.255 e. The number of likely N-dealkylation sites (tertiary alicyclic amines) is 2. The molecule has 0 unspecified atom stereocenters. The first-order chi connectivity index (χ1) is 15.1. The van der Waals surface area contributed by atoms with Crippen molar-refractivity contribution in [1.82, 2.24) is 29.3 Å². The van der Waals surface area contributed by atoms with Crippen LogP contribution in [0.2, 0.25) is 0 Å². The number of carbonyl (C=O) groups excluding carboxylic acids is 1. The minimum atomic E-state index is 0.100. The largest absolute Gasteiger partial charge is 0.337 e. The third-order valence-electron chi connectivity index (χ3n) is 6.74. The van der Waals surface area contributed by atoms with Crippen molar-refractivity contribution in [2.45, 2.75) is 31.3 Å². The van der Waals surface area contributed by atoms with Crippen molar-refractivity contribution in [1.29, 1.82) is 0 Å². The maximum atomic E-state index is 13.1. The van der Waals surface area contributed by atoms with Gasteiger partial charge in [-0.3, -0.25) is 14.1 Å². The second-order valence-corrected chi connectivity index (χ2v) is 9.07. The number of amides is 1. The lowest BCUT2D eigenvalue weighted by atomic mass is 10.1. The van der Waals surface area contributed by atoms with Gasteiger partial charge in [0.25, 0.3) is 5.91 Å². The summed E-state index contributed by atoms with van der Waals surface area (Å²) in [6, 6.07) is 14.8. The molecule has 2 aliphatic rings. The Morgan fingerprint density at radius 3 is 2.65 bits per heavy atom. The zero-order valence-electron chi connectivity index (χ0n) is 18.3. The molecule has 0 spiro atoms. The lowest BCUT2D eigenvalue weighted by Gasteiger charge is -2.20. The Morgan fingerprint density at radius 2 is 1.87 bits per heavy atom. The van der Waals surface area contributed by atoms with Crippen molar-refractivity contribution in [2.75, 3.05) is 40.3 Å². The number of pyridine rings is 1. The summed E-state index contributed by atoms with van der Waals surface area (Å²) in [6.07, 6.45) is 4.02. The molecular formula is C24H30N6O. The molecule has 2 fully saturated rings. The van der Waals surface area contributed by atoms with Crippen LogP contribution < -0.4 is 0 Å². The first-order valence-electron chi connectivity index (χ1n) is 11.1. The summed E-state index contributed by atoms with van der Waals surface area (Å²) in [6.45, 7) is 4.57. The van der Waals surface area contributed by atoms with Crippen molar-refractivity contribution in [2.24, 2.45) is 0 Å². The molecule has 162 valence electrons. The number of hydrogen-bond donors (Lipinski definition) is 0. The third-order valence-corrected chi connectivity index (χ3v) is 6.74. The highest BCUT2D eigenvalue weighted by Gasteiger charge is 2.30. The number of aromatic nitrogens is 3. The lowest BCUT2D eigenvalue weighted by molar-refractivity contribution is 0.0782. The van der Waals surface area contributed by atoms with Gasteiger partial charge in [0.05, 0.1) is 5.56 Å². The van der Waals surface area contributed by atoms with Gasteiger partial charge in [0.15, 0.2) is 5.65 Å². The molecule has 7 heteroatoms. The molecule has 3 aromatic rings. The van der Waals surface area contributed by atoms with E-state index in [1.807, 2.05) is 27.6 Å². The van der Waals surface area contributed by atoms with E-state index in [2.05, 4.69) is 64.4 Å². The first-order valence-corrected chi connectivity index (χ1v) is 11.1. The predicted octanol–water partition coefficient (Wildman–Crippen LogP) is 2.49. The van der Waals surface area contributed by atoms with Crippen LogP contribution in [0, 0.1) is 0 Å². The van der Waals surface area contributed by atoms with Gasteiger partial charge in [-0.2, -0.15) is 0 Å². The highest BCUT2D eigenvalue weighted by Crippen LogP contribution is 2.28. The molecule has 5 rings (SSSR count). The number of benzene rings is 1. The van der Waals surface area contributed by atoms with Crippen LogP contribution in [0.25, 0.3) is 5.65 Å². The van der Waals surface area contributed by atoms with E-state index < -0.39 is 0 Å². The van der Waals surface area contributed by atoms with E-state index >= 15 is 0 Å². The summed E-state index contributed by atoms with van der Waals surface area (Å²) < 4.78 is 2.03. The molecule has 0 bridgehead atoms. The molecule has 0 aliphatic carbocycles. The van der Waals surface area contributed by atoms with E-state index in [9.17, 15) is 4.79 Å². The molecule has 2 aliphatic heterocycles. The number of carbonyl (C=O) groups is 1. The van der Waals surface area contributed by atoms with Crippen LogP contribution in [0.15, 0.2) is 48.7 Å². The molecule has 2 aromatic heterocycles. The zero-order valence-corrected chi connectivity index (χ0v) is 18.3. The molecule has 1 aromatic carbocycles. The highest BCUT2D eigenvalue weighted by atomic mass is 16.2. The molecule has 0 N–H and O–H groups in total. The molecular weight excluding hydrogens is 388 g/mol. The van der Waals surface area contributed by atoms with Gasteiger partial charge in [-0.15, -0.1) is 10.2 Å². The quantitative estimate of drug-likeness (QED) is 0.637. The number of fused-ring (bicyclic) bond motifs is 1. The van der Waals surface area contributed by atoms with Gasteiger partial charge in [0.1, 0.15) is 5.82 Å². The van der Waals surface area contributed by atoms with Crippen molar-refractivity contribution < 1.29 is 4.79 Å². The monoisotopic (exact) mass is 418 g/mol. The van der Waals surface area contributed by atoms with Crippen molar-refractivity contribution >= 4 is 11.6 Å². The van der Waals surface area contributed by atoms with Gasteiger partial charge in [0, 0.05) is 44.3 Å². The van der Waals surface area contributed by atoms with Crippen molar-refractivity contribution in [3.63, 3.8) is 0 Å². The summed E-state index contributed by atoms with van der Waals surface area (Å²) in [5, 5.41) is 8.88. The summed E-state index contributed by atoms with van der Waals surface area (Å²) >= 11 is 0. The minimum Gasteiger partial charge on any atom is -0.337 e. The average Bonchev–Trinajstić information content (AvgIpc) is 3.53. The summed E-state index contributed by atoms with van der Waals surface area (Å²) in [4.78, 5) is 19.8. The molecule has 2 saturated heterocycles. The second-order valence-electron chi connectivity index (χ2n) is 9.07. The van der Waals surface area contributed by atoms with Gasteiger partial charge in [-0.25, -0.2) is 0 Å². The maximum Gasteiger partial charge on any atom is 0.255 e. The summed E-state index contributed by atoms with van der Waals surface area (Å²) in [5.41, 5.74) is 2.86. The molecule has 7 nitrogen and oxygen atoms in total. The van der Waals surface area contributed by atoms with Crippen LogP contribution in [0.3, 0.4) is 0 Å². The van der Waals surface area contributed by atoms with E-state index in [1.54, 1.807) is 0 Å². The van der Waals surface area contributed by atoms with E-state index in [-0.39, 0.29) is 5.91 Å². The first kappa shape index (κ1) is 20.2. The average molecular weight is 419 g/mol. The number of nitrogens with zero attached hydrogens (tertiary/aromatic N) is 6. The summed E-state index contributed by atoms with van der Waals surface area (Å²) in [5.74, 6) is 1.39. The Morgan fingerprint density at radius 1 is 1.03 bits per heavy atom. The van der Waals surface area contributed by atoms with E-state index in [4.69, 9.17) is 0 Å². The van der Waals surface area contributed by atoms with Gasteiger partial charge >= 0.3 is 0 Å². The van der Waals surface area contributed by atoms with Crippen molar-refractivity contribution in [3.05, 3.63) is 65.6 Å². The van der Waals surface area contributed by atoms with E-state index in [1.165, 1.54) is 5.56 Å². The van der Waals surface area contributed by atoms with Gasteiger partial charge in [-0.05, 0) is 51.2 Å². The zero-order chi connectivity index (χ0) is 21.4. The Labute approximate surface area is 183 Å². The van der Waals surface area contributed by atoms with Gasteiger partial charge in [0.2, 0.25) is 0 Å². The lowest BCUT2D eigenvalue weighted by Crippen LogP contribution is -2.34. The van der Waals surface area contributed by atoms with Crippen LogP contribution in [-0.4, -0.2) is 81.5 Å². The number of rotatable bonds is 5. The SMILES string of the molecule is CN(C)[C@H]1CCN(C(=O)c2ccc3nnc([C@@H]4CCN(Cc5ccccc5)C4)n3c2)C1. The van der Waals surface area contributed by atoms with Gasteiger partial charge < -0.3 is 9.80 Å². The van der Waals surface area contributed by atoms with Crippen molar-refractivity contribution in [3.8, 4) is 0 Å². The Kier molecular flexibility index (Phi) is 5.46. The molecule has 1 amide bonds. The van der Waals surface area contributed by atoms with Crippen LogP contribution in [0.1, 0.15) is 40.5 Å². The minimum absolute atomic E-state index is 0.100. The predicted molar refractivity (Wildman–Crippen MR) is 120 cm³/mol. The Bertz CT molecular complexity index is 1060. The Balaban J connectivity index is 1.32. The maximum absolute atomic E-state index is 13.1. The molecule has 4 heterocycles. The van der Waals surface area contributed by atoms with Gasteiger partial charge in [-0.1, -0.05) is 30.3 Å². The van der Waals surface area contributed by atoms with Crippen LogP contribution >= 0.6 is 0 Å². The summed E-state index contributed by atoms with van der Waals surface area (Å²) in [7, 11) is 4.16. The fraction of sp³-hybridized carbons (Fsp3) is 0.458. The number of hydrogen-bond acceptors (Lipinski definition) is 5. The molecule has 2 atom stereocenters. The third kappa shape index (κ3) is 4.07. The standard InChI is InChI=1S/C24H30N6O/c1-27(2)21-11-13-29(17-21)24(31)20-8-9-22-25-26-23(30(22)16-20)19-10-12-28(15-19)14-18-6-4-3-5-7-18/h3-9,16,19,21H,10-15,17H2,1-2H3/t19-,21+/m1/s1. The number of likely N-dealkylation sites (N-methyl/N-ethyl adjacent to an activating group) is 1. The molecule has 0 radical (unpaired) electrons. The Hall–Kier alpha value is -2.77. The topological polar surface area (TPSA) is 57.0 Å². The fourth-order valence-electron chi connectivity index (χ4n) is 4.87. The van der Waals surface area contributed by atoms with Crippen LogP contribution in [0.5, 0.6) is 0 Å². The van der Waals surface area contributed by atoms with Crippen LogP contribution in [0.4, 0.5) is 0 Å². The fourth-order valence-corrected chi connectivity index (χ4v) is 4.87. The molecule has 0 saturated carbocycles. The van der Waals surface area contributed by atoms with Crippen LogP contribution in [-0.2, 0) is 6.54 Å². The molecule has 31 heavy (non-hydrogen) atoms. The van der Waals surface area contributed by atoms with E-state index in [0.717, 1.165) is 57.0 Å².